The number of hydrogen-bond acceptors (Lipinski definition) is 2. The number of rotatable bonds is 3. The van der Waals surface area contributed by atoms with Crippen molar-refractivity contribution in [3.05, 3.63) is 77.1 Å². The van der Waals surface area contributed by atoms with Gasteiger partial charge in [-0.15, -0.1) is 0 Å². The number of carbonyl (C=O) groups is 1. The number of esters is 1. The van der Waals surface area contributed by atoms with Gasteiger partial charge in [0.2, 0.25) is 0 Å². The summed E-state index contributed by atoms with van der Waals surface area (Å²) in [7, 11) is 0. The largest absolute Gasteiger partial charge is 0.451 e. The van der Waals surface area contributed by atoms with Crippen LogP contribution >= 0.6 is 0 Å². The zero-order valence-electron chi connectivity index (χ0n) is 12.4. The molecule has 0 aliphatic heterocycles. The first-order valence-electron chi connectivity index (χ1n) is 7.27. The summed E-state index contributed by atoms with van der Waals surface area (Å²) in [6.45, 7) is 5.52. The van der Waals surface area contributed by atoms with E-state index >= 15 is 0 Å². The molecule has 0 N–H and O–H groups in total. The molecule has 1 aliphatic rings. The molecule has 112 valence electrons. The van der Waals surface area contributed by atoms with Gasteiger partial charge in [-0.25, -0.2) is 9.18 Å². The number of fused-ring (bicyclic) bond motifs is 1. The summed E-state index contributed by atoms with van der Waals surface area (Å²) in [5.74, 6) is -0.622. The van der Waals surface area contributed by atoms with Gasteiger partial charge in [-0.05, 0) is 49.1 Å². The normalized spacial score (nSPS) is 19.5. The average molecular weight is 296 g/mol. The Hall–Kier alpha value is -2.42. The van der Waals surface area contributed by atoms with E-state index in [0.717, 1.165) is 11.1 Å². The fourth-order valence-electron chi connectivity index (χ4n) is 2.93. The number of carbonyl (C=O) groups excluding carboxylic acids is 1. The summed E-state index contributed by atoms with van der Waals surface area (Å²) in [5, 5.41) is 0. The van der Waals surface area contributed by atoms with E-state index in [-0.39, 0.29) is 5.82 Å². The van der Waals surface area contributed by atoms with E-state index in [0.29, 0.717) is 24.0 Å². The topological polar surface area (TPSA) is 26.3 Å². The van der Waals surface area contributed by atoms with E-state index in [2.05, 4.69) is 6.58 Å². The Bertz CT molecular complexity index is 734. The molecule has 2 nitrogen and oxygen atoms in total. The molecular formula is C19H17FO2. The summed E-state index contributed by atoms with van der Waals surface area (Å²) < 4.78 is 19.5. The maximum absolute atomic E-state index is 13.8. The molecule has 22 heavy (non-hydrogen) atoms. The van der Waals surface area contributed by atoms with Crippen molar-refractivity contribution in [2.45, 2.75) is 25.4 Å². The van der Waals surface area contributed by atoms with Gasteiger partial charge >= 0.3 is 5.97 Å². The van der Waals surface area contributed by atoms with Crippen molar-refractivity contribution in [2.75, 3.05) is 0 Å². The fraction of sp³-hybridized carbons (Fsp3) is 0.211. The first-order chi connectivity index (χ1) is 10.5. The van der Waals surface area contributed by atoms with Gasteiger partial charge in [-0.1, -0.05) is 36.9 Å². The summed E-state index contributed by atoms with van der Waals surface area (Å²) in [5.41, 5.74) is 2.07. The first kappa shape index (κ1) is 14.5. The Labute approximate surface area is 129 Å². The highest BCUT2D eigenvalue weighted by Crippen LogP contribution is 2.41. The molecule has 0 fully saturated rings. The molecule has 3 rings (SSSR count). The molecule has 0 saturated heterocycles. The van der Waals surface area contributed by atoms with E-state index in [1.54, 1.807) is 24.3 Å². The van der Waals surface area contributed by atoms with Crippen LogP contribution in [0.4, 0.5) is 4.39 Å². The predicted octanol–water partition coefficient (Wildman–Crippen LogP) is 4.49. The summed E-state index contributed by atoms with van der Waals surface area (Å²) in [6, 6.07) is 12.0. The van der Waals surface area contributed by atoms with Crippen LogP contribution in [0, 0.1) is 5.82 Å². The van der Waals surface area contributed by atoms with Crippen LogP contribution in [0.2, 0.25) is 0 Å². The molecule has 2 aromatic rings. The maximum Gasteiger partial charge on any atom is 0.339 e. The Morgan fingerprint density at radius 1 is 1.27 bits per heavy atom. The molecule has 0 amide bonds. The van der Waals surface area contributed by atoms with Gasteiger partial charge in [-0.3, -0.25) is 0 Å². The third-order valence-corrected chi connectivity index (χ3v) is 4.24. The lowest BCUT2D eigenvalue weighted by Gasteiger charge is -2.26. The lowest BCUT2D eigenvalue weighted by atomic mass is 9.98. The third kappa shape index (κ3) is 2.43. The van der Waals surface area contributed by atoms with Crippen molar-refractivity contribution in [3.8, 4) is 0 Å². The third-order valence-electron chi connectivity index (χ3n) is 4.24. The van der Waals surface area contributed by atoms with Gasteiger partial charge in [0.15, 0.2) is 0 Å². The van der Waals surface area contributed by atoms with Crippen molar-refractivity contribution in [1.29, 1.82) is 0 Å². The Balaban J connectivity index is 1.85. The van der Waals surface area contributed by atoms with Crippen LogP contribution in [0.3, 0.4) is 0 Å². The van der Waals surface area contributed by atoms with Gasteiger partial charge in [-0.2, -0.15) is 0 Å². The van der Waals surface area contributed by atoms with Crippen LogP contribution < -0.4 is 0 Å². The van der Waals surface area contributed by atoms with Gasteiger partial charge in [0.25, 0.3) is 0 Å². The van der Waals surface area contributed by atoms with Crippen molar-refractivity contribution >= 4 is 12.0 Å². The second-order valence-corrected chi connectivity index (χ2v) is 5.71. The molecule has 1 unspecified atom stereocenters. The molecule has 0 saturated carbocycles. The maximum atomic E-state index is 13.8. The van der Waals surface area contributed by atoms with Crippen molar-refractivity contribution in [2.24, 2.45) is 0 Å². The first-order valence-corrected chi connectivity index (χ1v) is 7.27. The van der Waals surface area contributed by atoms with Gasteiger partial charge in [0.1, 0.15) is 11.4 Å². The number of benzene rings is 2. The molecule has 0 aromatic heterocycles. The van der Waals surface area contributed by atoms with Crippen molar-refractivity contribution < 1.29 is 13.9 Å². The highest BCUT2D eigenvalue weighted by Gasteiger charge is 2.39. The molecule has 3 heteroatoms. The van der Waals surface area contributed by atoms with E-state index in [4.69, 9.17) is 4.74 Å². The Morgan fingerprint density at radius 3 is 2.68 bits per heavy atom. The molecule has 0 bridgehead atoms. The zero-order valence-corrected chi connectivity index (χ0v) is 12.4. The van der Waals surface area contributed by atoms with Crippen LogP contribution in [0.5, 0.6) is 0 Å². The SMILES string of the molecule is C=Cc1ccc(C(=O)OC2(C)CCc3c(F)cccc32)cc1. The second kappa shape index (κ2) is 5.41. The lowest BCUT2D eigenvalue weighted by Crippen LogP contribution is -2.26. The van der Waals surface area contributed by atoms with E-state index in [9.17, 15) is 9.18 Å². The van der Waals surface area contributed by atoms with Crippen molar-refractivity contribution in [1.82, 2.24) is 0 Å². The molecule has 1 atom stereocenters. The standard InChI is InChI=1S/C19H17FO2/c1-3-13-7-9-14(10-8-13)18(21)22-19(2)12-11-15-16(19)5-4-6-17(15)20/h3-10H,1,11-12H2,2H3. The van der Waals surface area contributed by atoms with Crippen LogP contribution in [-0.2, 0) is 16.8 Å². The zero-order chi connectivity index (χ0) is 15.7. The highest BCUT2D eigenvalue weighted by atomic mass is 19.1. The monoisotopic (exact) mass is 296 g/mol. The van der Waals surface area contributed by atoms with Crippen LogP contribution in [0.15, 0.2) is 49.0 Å². The Kier molecular flexibility index (Phi) is 3.57. The number of halogens is 1. The van der Waals surface area contributed by atoms with Gasteiger partial charge < -0.3 is 4.74 Å². The van der Waals surface area contributed by atoms with Crippen LogP contribution in [0.1, 0.15) is 40.4 Å². The minimum absolute atomic E-state index is 0.229. The smallest absolute Gasteiger partial charge is 0.339 e. The van der Waals surface area contributed by atoms with Crippen LogP contribution in [0.25, 0.3) is 6.08 Å². The summed E-state index contributed by atoms with van der Waals surface area (Å²) in [6.07, 6.45) is 2.90. The van der Waals surface area contributed by atoms with Gasteiger partial charge in [0.05, 0.1) is 5.56 Å². The van der Waals surface area contributed by atoms with Gasteiger partial charge in [0, 0.05) is 5.56 Å². The van der Waals surface area contributed by atoms with Crippen molar-refractivity contribution in [3.63, 3.8) is 0 Å². The minimum Gasteiger partial charge on any atom is -0.451 e. The number of hydrogen-bond donors (Lipinski definition) is 0. The predicted molar refractivity (Wildman–Crippen MR) is 84.0 cm³/mol. The highest BCUT2D eigenvalue weighted by molar-refractivity contribution is 5.90. The molecule has 2 aromatic carbocycles. The molecule has 1 aliphatic carbocycles. The lowest BCUT2D eigenvalue weighted by molar-refractivity contribution is -0.0112. The van der Waals surface area contributed by atoms with E-state index in [1.165, 1.54) is 6.07 Å². The molecule has 0 spiro atoms. The number of ether oxygens (including phenoxy) is 1. The van der Waals surface area contributed by atoms with E-state index in [1.807, 2.05) is 25.1 Å². The van der Waals surface area contributed by atoms with Crippen LogP contribution in [-0.4, -0.2) is 5.97 Å². The minimum atomic E-state index is -0.772. The van der Waals surface area contributed by atoms with E-state index < -0.39 is 11.6 Å². The summed E-state index contributed by atoms with van der Waals surface area (Å²) >= 11 is 0. The molecular weight excluding hydrogens is 279 g/mol. The molecule has 0 radical (unpaired) electrons. The second-order valence-electron chi connectivity index (χ2n) is 5.71. The Morgan fingerprint density at radius 2 is 2.00 bits per heavy atom. The summed E-state index contributed by atoms with van der Waals surface area (Å²) in [4.78, 5) is 12.4. The molecule has 0 heterocycles. The quantitative estimate of drug-likeness (QED) is 0.780. The fourth-order valence-corrected chi connectivity index (χ4v) is 2.93. The average Bonchev–Trinajstić information content (AvgIpc) is 2.86.